The van der Waals surface area contributed by atoms with Gasteiger partial charge in [0.05, 0.1) is 23.6 Å². The van der Waals surface area contributed by atoms with Gasteiger partial charge in [-0.1, -0.05) is 23.2 Å². The standard InChI is InChI=1S/C20H17Cl2FN4O3/c1-12-10-26(11-24-12)14-3-4-15-19(28)25(6-7-27(15)20(14)29)8-9-30-16-5-2-13(23)17(21)18(16)22/h2-5,10-11H,6-9H2,1H3. The molecule has 2 aromatic heterocycles. The molecule has 1 amide bonds. The first-order valence-corrected chi connectivity index (χ1v) is 9.93. The highest BCUT2D eigenvalue weighted by molar-refractivity contribution is 6.43. The van der Waals surface area contributed by atoms with E-state index in [-0.39, 0.29) is 40.4 Å². The van der Waals surface area contributed by atoms with Crippen molar-refractivity contribution in [3.63, 3.8) is 0 Å². The normalized spacial score (nSPS) is 13.5. The Morgan fingerprint density at radius 2 is 1.93 bits per heavy atom. The van der Waals surface area contributed by atoms with E-state index in [1.165, 1.54) is 10.6 Å². The predicted molar refractivity (Wildman–Crippen MR) is 110 cm³/mol. The fraction of sp³-hybridized carbons (Fsp3) is 0.250. The van der Waals surface area contributed by atoms with Crippen LogP contribution < -0.4 is 10.3 Å². The van der Waals surface area contributed by atoms with Gasteiger partial charge in [-0.3, -0.25) is 9.59 Å². The van der Waals surface area contributed by atoms with E-state index in [1.54, 1.807) is 34.1 Å². The van der Waals surface area contributed by atoms with Crippen molar-refractivity contribution in [2.24, 2.45) is 0 Å². The Morgan fingerprint density at radius 1 is 1.13 bits per heavy atom. The van der Waals surface area contributed by atoms with Gasteiger partial charge in [0.1, 0.15) is 34.6 Å². The zero-order valence-electron chi connectivity index (χ0n) is 15.9. The summed E-state index contributed by atoms with van der Waals surface area (Å²) in [6, 6.07) is 5.80. The Labute approximate surface area is 181 Å². The highest BCUT2D eigenvalue weighted by atomic mass is 35.5. The lowest BCUT2D eigenvalue weighted by molar-refractivity contribution is 0.0673. The first kappa shape index (κ1) is 20.4. The third-order valence-electron chi connectivity index (χ3n) is 4.86. The van der Waals surface area contributed by atoms with Crippen molar-refractivity contribution in [1.82, 2.24) is 19.0 Å². The number of hydrogen-bond donors (Lipinski definition) is 0. The second-order valence-electron chi connectivity index (χ2n) is 6.80. The molecular formula is C20H17Cl2FN4O3. The number of nitrogens with zero attached hydrogens (tertiary/aromatic N) is 4. The monoisotopic (exact) mass is 450 g/mol. The van der Waals surface area contributed by atoms with Gasteiger partial charge >= 0.3 is 0 Å². The Balaban J connectivity index is 1.47. The minimum absolute atomic E-state index is 0.0131. The molecule has 0 atom stereocenters. The van der Waals surface area contributed by atoms with E-state index in [2.05, 4.69) is 4.98 Å². The molecule has 4 rings (SSSR count). The highest BCUT2D eigenvalue weighted by Crippen LogP contribution is 2.33. The summed E-state index contributed by atoms with van der Waals surface area (Å²) in [5.41, 5.74) is 1.30. The lowest BCUT2D eigenvalue weighted by Gasteiger charge is -2.29. The van der Waals surface area contributed by atoms with Gasteiger partial charge in [0.2, 0.25) is 0 Å². The van der Waals surface area contributed by atoms with Gasteiger partial charge in [-0.25, -0.2) is 9.37 Å². The molecule has 1 aliphatic heterocycles. The van der Waals surface area contributed by atoms with Crippen LogP contribution in [-0.4, -0.2) is 44.6 Å². The average molecular weight is 451 g/mol. The molecule has 0 spiro atoms. The minimum Gasteiger partial charge on any atom is -0.490 e. The van der Waals surface area contributed by atoms with Crippen LogP contribution in [0.2, 0.25) is 10.0 Å². The molecule has 0 bridgehead atoms. The van der Waals surface area contributed by atoms with Gasteiger partial charge in [-0.2, -0.15) is 0 Å². The Morgan fingerprint density at radius 3 is 2.67 bits per heavy atom. The van der Waals surface area contributed by atoms with Crippen LogP contribution in [0.5, 0.6) is 5.75 Å². The number of pyridine rings is 1. The number of ether oxygens (including phenoxy) is 1. The number of aromatic nitrogens is 3. The molecule has 10 heteroatoms. The van der Waals surface area contributed by atoms with E-state index in [0.717, 1.165) is 11.8 Å². The third kappa shape index (κ3) is 3.68. The molecule has 7 nitrogen and oxygen atoms in total. The molecule has 0 saturated carbocycles. The summed E-state index contributed by atoms with van der Waals surface area (Å²) < 4.78 is 22.1. The molecule has 0 saturated heterocycles. The number of imidazole rings is 1. The van der Waals surface area contributed by atoms with Crippen molar-refractivity contribution in [3.05, 3.63) is 74.4 Å². The summed E-state index contributed by atoms with van der Waals surface area (Å²) in [6.45, 7) is 2.98. The molecular weight excluding hydrogens is 434 g/mol. The van der Waals surface area contributed by atoms with Gasteiger partial charge in [-0.15, -0.1) is 0 Å². The second kappa shape index (κ2) is 8.12. The molecule has 3 aromatic rings. The molecule has 3 heterocycles. The molecule has 156 valence electrons. The molecule has 0 aliphatic carbocycles. The van der Waals surface area contributed by atoms with Crippen LogP contribution in [0.25, 0.3) is 5.69 Å². The van der Waals surface area contributed by atoms with Crippen molar-refractivity contribution in [1.29, 1.82) is 0 Å². The quantitative estimate of drug-likeness (QED) is 0.559. The van der Waals surface area contributed by atoms with Crippen LogP contribution in [0, 0.1) is 12.7 Å². The van der Waals surface area contributed by atoms with E-state index in [9.17, 15) is 14.0 Å². The lowest BCUT2D eigenvalue weighted by atomic mass is 10.2. The maximum atomic E-state index is 13.4. The van der Waals surface area contributed by atoms with E-state index in [0.29, 0.717) is 24.5 Å². The molecule has 0 N–H and O–H groups in total. The highest BCUT2D eigenvalue weighted by Gasteiger charge is 2.26. The average Bonchev–Trinajstić information content (AvgIpc) is 3.16. The lowest BCUT2D eigenvalue weighted by Crippen LogP contribution is -2.46. The molecule has 0 unspecified atom stereocenters. The molecule has 1 aliphatic rings. The number of fused-ring (bicyclic) bond motifs is 1. The third-order valence-corrected chi connectivity index (χ3v) is 5.70. The van der Waals surface area contributed by atoms with Crippen LogP contribution in [0.1, 0.15) is 16.2 Å². The SMILES string of the molecule is Cc1cn(-c2ccc3n(c2=O)CCN(CCOc2ccc(F)c(Cl)c2Cl)C3=O)cn1. The minimum atomic E-state index is -0.632. The van der Waals surface area contributed by atoms with Gasteiger partial charge in [0.25, 0.3) is 11.5 Å². The smallest absolute Gasteiger partial charge is 0.275 e. The number of halogens is 3. The number of rotatable bonds is 5. The van der Waals surface area contributed by atoms with E-state index < -0.39 is 5.82 Å². The van der Waals surface area contributed by atoms with Crippen molar-refractivity contribution in [2.45, 2.75) is 13.5 Å². The van der Waals surface area contributed by atoms with Crippen molar-refractivity contribution in [3.8, 4) is 11.4 Å². The summed E-state index contributed by atoms with van der Waals surface area (Å²) in [6.07, 6.45) is 3.32. The number of carbonyl (C=O) groups is 1. The zero-order valence-corrected chi connectivity index (χ0v) is 17.5. The van der Waals surface area contributed by atoms with Crippen molar-refractivity contribution < 1.29 is 13.9 Å². The summed E-state index contributed by atoms with van der Waals surface area (Å²) in [5.74, 6) is -0.657. The fourth-order valence-corrected chi connectivity index (χ4v) is 3.67. The van der Waals surface area contributed by atoms with Crippen LogP contribution >= 0.6 is 23.2 Å². The van der Waals surface area contributed by atoms with Crippen LogP contribution in [0.3, 0.4) is 0 Å². The largest absolute Gasteiger partial charge is 0.490 e. The Hall–Kier alpha value is -2.84. The van der Waals surface area contributed by atoms with Crippen molar-refractivity contribution in [2.75, 3.05) is 19.7 Å². The maximum Gasteiger partial charge on any atom is 0.275 e. The second-order valence-corrected chi connectivity index (χ2v) is 7.55. The topological polar surface area (TPSA) is 69.4 Å². The van der Waals surface area contributed by atoms with Crippen LogP contribution in [0.15, 0.2) is 41.6 Å². The summed E-state index contributed by atoms with van der Waals surface area (Å²) in [5, 5.41) is -0.221. The van der Waals surface area contributed by atoms with Gasteiger partial charge < -0.3 is 18.8 Å². The van der Waals surface area contributed by atoms with Gasteiger partial charge in [0.15, 0.2) is 0 Å². The maximum absolute atomic E-state index is 13.4. The summed E-state index contributed by atoms with van der Waals surface area (Å²) in [4.78, 5) is 31.4. The number of amides is 1. The molecule has 30 heavy (non-hydrogen) atoms. The van der Waals surface area contributed by atoms with Gasteiger partial charge in [0, 0.05) is 19.3 Å². The van der Waals surface area contributed by atoms with E-state index in [1.807, 2.05) is 6.92 Å². The zero-order chi connectivity index (χ0) is 21.4. The van der Waals surface area contributed by atoms with E-state index in [4.69, 9.17) is 27.9 Å². The predicted octanol–water partition coefficient (Wildman–Crippen LogP) is 3.32. The number of aryl methyl sites for hydroxylation is 1. The number of carbonyl (C=O) groups excluding carboxylic acids is 1. The van der Waals surface area contributed by atoms with Crippen LogP contribution in [0.4, 0.5) is 4.39 Å². The Bertz CT molecular complexity index is 1190. The van der Waals surface area contributed by atoms with Crippen molar-refractivity contribution >= 4 is 29.1 Å². The summed E-state index contributed by atoms with van der Waals surface area (Å²) in [7, 11) is 0. The van der Waals surface area contributed by atoms with Crippen LogP contribution in [-0.2, 0) is 6.54 Å². The van der Waals surface area contributed by atoms with E-state index >= 15 is 0 Å². The molecule has 0 radical (unpaired) electrons. The first-order valence-electron chi connectivity index (χ1n) is 9.17. The molecule has 1 aromatic carbocycles. The number of hydrogen-bond acceptors (Lipinski definition) is 4. The number of benzene rings is 1. The summed E-state index contributed by atoms with van der Waals surface area (Å²) >= 11 is 11.8. The molecule has 0 fully saturated rings. The Kier molecular flexibility index (Phi) is 5.53. The van der Waals surface area contributed by atoms with Gasteiger partial charge in [-0.05, 0) is 31.2 Å². The first-order chi connectivity index (χ1) is 14.4. The fourth-order valence-electron chi connectivity index (χ4n) is 3.31.